The smallest absolute Gasteiger partial charge is 0.139 e. The first-order valence-corrected chi connectivity index (χ1v) is 30.8. The summed E-state index contributed by atoms with van der Waals surface area (Å²) >= 11 is 0. The summed E-state index contributed by atoms with van der Waals surface area (Å²) in [7, 11) is 4.73. The Bertz CT molecular complexity index is 5400. The third-order valence-corrected chi connectivity index (χ3v) is 18.3. The van der Waals surface area contributed by atoms with Crippen molar-refractivity contribution in [3.63, 3.8) is 0 Å². The molecule has 0 aliphatic carbocycles. The highest BCUT2D eigenvalue weighted by atomic mass is 31.0. The van der Waals surface area contributed by atoms with Gasteiger partial charge in [0.25, 0.3) is 0 Å². The van der Waals surface area contributed by atoms with E-state index in [1.165, 1.54) is 50.1 Å². The van der Waals surface area contributed by atoms with E-state index in [9.17, 15) is 0 Å². The molecule has 0 spiro atoms. The van der Waals surface area contributed by atoms with E-state index in [0.717, 1.165) is 151 Å². The van der Waals surface area contributed by atoms with Crippen molar-refractivity contribution in [2.24, 2.45) is 0 Å². The van der Waals surface area contributed by atoms with Crippen LogP contribution < -0.4 is 10.0 Å². The van der Waals surface area contributed by atoms with E-state index >= 15 is 0 Å². The number of furan rings is 3. The van der Waals surface area contributed by atoms with Gasteiger partial charge < -0.3 is 18.0 Å². The molecule has 3 aromatic heterocycles. The molecule has 16 rings (SSSR count). The summed E-state index contributed by atoms with van der Waals surface area (Å²) in [6, 6.07) is 96.4. The summed E-state index contributed by atoms with van der Waals surface area (Å²) < 4.78 is 26.1. The Morgan fingerprint density at radius 3 is 1.25 bits per heavy atom. The summed E-state index contributed by atoms with van der Waals surface area (Å²) in [4.78, 5) is 0. The summed E-state index contributed by atoms with van der Waals surface area (Å²) in [6.07, 6.45) is 1.97. The number of hydrogen-bond donors (Lipinski definition) is 0. The van der Waals surface area contributed by atoms with E-state index in [0.29, 0.717) is 0 Å². The summed E-state index contributed by atoms with van der Waals surface area (Å²) in [5.74, 6) is 0.800. The molecule has 0 aliphatic rings. The molecule has 0 amide bonds. The molecule has 0 saturated heterocycles. The molecule has 3 heterocycles. The highest BCUT2D eigenvalue weighted by Gasteiger charge is 2.21. The lowest BCUT2D eigenvalue weighted by molar-refractivity contribution is 0.416. The topological polar surface area (TPSA) is 48.7 Å². The SMILES string of the molecule is CCCc1cc2oc3ccc(-c4cc(-c5ccc(OC)c(-c6ccc(P)c(-c7cccc(-c8ccccc8)c7)c6)c5)cc(-c5ccc6oc7cc8oc9ccc(-c%10ccccc%10)cc9c8cc7c6c5)c4)cc3c2cc1-c1cc(-c2ccccc2)ccc1C. The number of rotatable bonds is 12. The predicted molar refractivity (Wildman–Crippen MR) is 372 cm³/mol. The van der Waals surface area contributed by atoms with E-state index in [4.69, 9.17) is 18.0 Å². The molecule has 88 heavy (non-hydrogen) atoms. The minimum atomic E-state index is 0.786. The van der Waals surface area contributed by atoms with Crippen molar-refractivity contribution < 1.29 is 18.0 Å². The second-order valence-corrected chi connectivity index (χ2v) is 23.9. The van der Waals surface area contributed by atoms with E-state index in [2.05, 4.69) is 290 Å². The van der Waals surface area contributed by atoms with Crippen LogP contribution in [-0.4, -0.2) is 7.11 Å². The summed E-state index contributed by atoms with van der Waals surface area (Å²) in [5.41, 5.74) is 28.0. The number of benzene rings is 13. The van der Waals surface area contributed by atoms with E-state index in [1.807, 2.05) is 0 Å². The number of methoxy groups -OCH3 is 1. The Kier molecular flexibility index (Phi) is 13.1. The average molecular weight is 1150 g/mol. The third-order valence-electron chi connectivity index (χ3n) is 17.8. The molecular weight excluding hydrogens is 1090 g/mol. The Hall–Kier alpha value is -10.5. The maximum Gasteiger partial charge on any atom is 0.139 e. The van der Waals surface area contributed by atoms with E-state index in [-0.39, 0.29) is 0 Å². The molecular formula is C83H59O4P. The highest BCUT2D eigenvalue weighted by Crippen LogP contribution is 2.45. The van der Waals surface area contributed by atoms with E-state index < -0.39 is 0 Å². The first kappa shape index (κ1) is 53.0. The van der Waals surface area contributed by atoms with Crippen molar-refractivity contribution in [2.75, 3.05) is 7.11 Å². The lowest BCUT2D eigenvalue weighted by atomic mass is 9.89. The van der Waals surface area contributed by atoms with Crippen LogP contribution in [0.1, 0.15) is 24.5 Å². The highest BCUT2D eigenvalue weighted by molar-refractivity contribution is 7.28. The second kappa shape index (κ2) is 21.8. The zero-order valence-corrected chi connectivity index (χ0v) is 50.2. The molecule has 0 N–H and O–H groups in total. The van der Waals surface area contributed by atoms with Gasteiger partial charge in [0.1, 0.15) is 39.2 Å². The predicted octanol–water partition coefficient (Wildman–Crippen LogP) is 23.2. The van der Waals surface area contributed by atoms with Gasteiger partial charge in [-0.25, -0.2) is 0 Å². The summed E-state index contributed by atoms with van der Waals surface area (Å²) in [5, 5.41) is 7.51. The van der Waals surface area contributed by atoms with Gasteiger partial charge in [-0.15, -0.1) is 9.24 Å². The Morgan fingerprint density at radius 1 is 0.295 bits per heavy atom. The van der Waals surface area contributed by atoms with Crippen molar-refractivity contribution in [3.8, 4) is 106 Å². The van der Waals surface area contributed by atoms with Gasteiger partial charge in [0.2, 0.25) is 0 Å². The summed E-state index contributed by atoms with van der Waals surface area (Å²) in [6.45, 7) is 4.48. The van der Waals surface area contributed by atoms with Crippen molar-refractivity contribution in [3.05, 3.63) is 278 Å². The van der Waals surface area contributed by atoms with Crippen LogP contribution in [0, 0.1) is 6.92 Å². The fraction of sp³-hybridized carbons (Fsp3) is 0.0602. The van der Waals surface area contributed by atoms with Gasteiger partial charge >= 0.3 is 0 Å². The molecule has 4 nitrogen and oxygen atoms in total. The monoisotopic (exact) mass is 1150 g/mol. The van der Waals surface area contributed by atoms with Gasteiger partial charge in [-0.3, -0.25) is 0 Å². The molecule has 13 aromatic carbocycles. The van der Waals surface area contributed by atoms with Gasteiger partial charge in [0.15, 0.2) is 0 Å². The van der Waals surface area contributed by atoms with Crippen LogP contribution in [0.15, 0.2) is 280 Å². The molecule has 420 valence electrons. The normalized spacial score (nSPS) is 11.7. The fourth-order valence-corrected chi connectivity index (χ4v) is 13.6. The van der Waals surface area contributed by atoms with Crippen LogP contribution in [0.25, 0.3) is 166 Å². The largest absolute Gasteiger partial charge is 0.496 e. The molecule has 0 aliphatic heterocycles. The Balaban J connectivity index is 0.858. The molecule has 1 unspecified atom stereocenters. The molecule has 1 atom stereocenters. The van der Waals surface area contributed by atoms with Gasteiger partial charge in [-0.1, -0.05) is 171 Å². The quantitative estimate of drug-likeness (QED) is 0.114. The number of fused-ring (bicyclic) bond motifs is 9. The zero-order chi connectivity index (χ0) is 59.0. The van der Waals surface area contributed by atoms with Gasteiger partial charge in [0, 0.05) is 43.9 Å². The van der Waals surface area contributed by atoms with Crippen molar-refractivity contribution in [2.45, 2.75) is 26.7 Å². The zero-order valence-electron chi connectivity index (χ0n) is 49.0. The van der Waals surface area contributed by atoms with Crippen LogP contribution >= 0.6 is 9.24 Å². The van der Waals surface area contributed by atoms with Gasteiger partial charge in [-0.2, -0.15) is 0 Å². The molecule has 0 radical (unpaired) electrons. The second-order valence-electron chi connectivity index (χ2n) is 23.3. The standard InChI is InChI=1S/C83H59O4P/c1-4-15-60-46-80-73(47-67(60)66-40-55(25-24-50(66)2)52-18-10-6-11-19-52)71-43-58(28-33-77(71)85-80)64-37-63(57-26-31-76(84-3)68(41-57)62-30-35-83(88)69(45-62)61-23-14-22-54(36-61)51-16-8-5-9-17-51)38-65(39-64)59-29-34-79-72(44-59)75-48-74-70-42-56(53-20-12-7-13-21-53)27-32-78(70)86-81(74)49-82(75)87-79/h5-14,16-49H,4,15,88H2,1-3H3. The minimum Gasteiger partial charge on any atom is -0.496 e. The number of ether oxygens (including phenoxy) is 1. The van der Waals surface area contributed by atoms with Gasteiger partial charge in [0.05, 0.1) is 7.11 Å². The van der Waals surface area contributed by atoms with Crippen molar-refractivity contribution in [1.82, 2.24) is 0 Å². The van der Waals surface area contributed by atoms with Crippen LogP contribution in [0.3, 0.4) is 0 Å². The minimum absolute atomic E-state index is 0.786. The van der Waals surface area contributed by atoms with Crippen molar-refractivity contribution >= 4 is 80.4 Å². The van der Waals surface area contributed by atoms with Crippen LogP contribution in [-0.2, 0) is 6.42 Å². The maximum absolute atomic E-state index is 6.79. The van der Waals surface area contributed by atoms with Crippen LogP contribution in [0.4, 0.5) is 0 Å². The molecule has 5 heteroatoms. The number of hydrogen-bond acceptors (Lipinski definition) is 4. The molecule has 0 bridgehead atoms. The fourth-order valence-electron chi connectivity index (χ4n) is 13.2. The lowest BCUT2D eigenvalue weighted by Crippen LogP contribution is -1.98. The van der Waals surface area contributed by atoms with Crippen LogP contribution in [0.5, 0.6) is 5.75 Å². The third kappa shape index (κ3) is 9.45. The van der Waals surface area contributed by atoms with Crippen LogP contribution in [0.2, 0.25) is 0 Å². The number of aryl methyl sites for hydroxylation is 2. The molecule has 0 fully saturated rings. The van der Waals surface area contributed by atoms with E-state index in [1.54, 1.807) is 7.11 Å². The first-order valence-electron chi connectivity index (χ1n) is 30.2. The molecule has 16 aromatic rings. The Labute approximate surface area is 513 Å². The molecule has 0 saturated carbocycles. The van der Waals surface area contributed by atoms with Gasteiger partial charge in [-0.05, 0) is 227 Å². The maximum atomic E-state index is 6.79. The Morgan fingerprint density at radius 2 is 0.693 bits per heavy atom. The lowest BCUT2D eigenvalue weighted by Gasteiger charge is -2.16. The average Bonchev–Trinajstić information content (AvgIpc) is 1.82. The van der Waals surface area contributed by atoms with Crippen molar-refractivity contribution in [1.29, 1.82) is 0 Å². The first-order chi connectivity index (χ1) is 43.3.